The van der Waals surface area contributed by atoms with Crippen LogP contribution in [0.4, 0.5) is 0 Å². The van der Waals surface area contributed by atoms with Crippen LogP contribution in [0.3, 0.4) is 0 Å². The summed E-state index contributed by atoms with van der Waals surface area (Å²) in [6.07, 6.45) is 5.26. The fourth-order valence-electron chi connectivity index (χ4n) is 1.52. The summed E-state index contributed by atoms with van der Waals surface area (Å²) in [6, 6.07) is 0. The van der Waals surface area contributed by atoms with Crippen LogP contribution in [0.1, 0.15) is 33.1 Å². The van der Waals surface area contributed by atoms with Gasteiger partial charge in [-0.25, -0.2) is 4.99 Å². The molecule has 1 aliphatic carbocycles. The summed E-state index contributed by atoms with van der Waals surface area (Å²) >= 11 is 0. The summed E-state index contributed by atoms with van der Waals surface area (Å²) in [7, 11) is 1.65. The second-order valence-electron chi connectivity index (χ2n) is 4.46. The average molecular weight is 225 g/mol. The fourth-order valence-corrected chi connectivity index (χ4v) is 1.52. The molecule has 2 rings (SSSR count). The van der Waals surface area contributed by atoms with Crippen LogP contribution >= 0.6 is 0 Å². The predicted octanol–water partition coefficient (Wildman–Crippen LogP) is 2.25. The maximum absolute atomic E-state index is 5.77. The van der Waals surface area contributed by atoms with E-state index in [1.807, 2.05) is 19.9 Å². The van der Waals surface area contributed by atoms with Crippen molar-refractivity contribution in [2.75, 3.05) is 7.11 Å². The summed E-state index contributed by atoms with van der Waals surface area (Å²) in [5.74, 6) is 1.55. The molecule has 0 aromatic heterocycles. The highest BCUT2D eigenvalue weighted by molar-refractivity contribution is 5.89. The number of ether oxygens (including phenoxy) is 3. The zero-order chi connectivity index (χ0) is 11.5. The molecule has 1 atom stereocenters. The molecule has 16 heavy (non-hydrogen) atoms. The molecule has 0 amide bonds. The van der Waals surface area contributed by atoms with Gasteiger partial charge < -0.3 is 14.2 Å². The Kier molecular flexibility index (Phi) is 3.49. The van der Waals surface area contributed by atoms with Gasteiger partial charge in [0, 0.05) is 13.2 Å². The van der Waals surface area contributed by atoms with Gasteiger partial charge in [-0.3, -0.25) is 0 Å². The number of dihydropyridines is 1. The predicted molar refractivity (Wildman–Crippen MR) is 61.3 cm³/mol. The van der Waals surface area contributed by atoms with Crippen molar-refractivity contribution in [3.8, 4) is 0 Å². The molecule has 1 unspecified atom stereocenters. The number of rotatable bonds is 4. The van der Waals surface area contributed by atoms with Gasteiger partial charge in [0.05, 0.1) is 18.6 Å². The Morgan fingerprint density at radius 1 is 1.38 bits per heavy atom. The topological polar surface area (TPSA) is 40.0 Å². The van der Waals surface area contributed by atoms with Crippen molar-refractivity contribution in [3.63, 3.8) is 0 Å². The lowest BCUT2D eigenvalue weighted by atomic mass is 10.2. The van der Waals surface area contributed by atoms with Crippen molar-refractivity contribution in [1.82, 2.24) is 0 Å². The molecule has 1 fully saturated rings. The molecule has 4 heteroatoms. The molecule has 0 spiro atoms. The molecular weight excluding hydrogens is 206 g/mol. The van der Waals surface area contributed by atoms with Crippen molar-refractivity contribution in [2.45, 2.75) is 51.5 Å². The van der Waals surface area contributed by atoms with E-state index in [4.69, 9.17) is 14.2 Å². The Morgan fingerprint density at radius 3 is 2.69 bits per heavy atom. The monoisotopic (exact) mass is 225 g/mol. The Labute approximate surface area is 96.3 Å². The summed E-state index contributed by atoms with van der Waals surface area (Å²) < 4.78 is 16.6. The van der Waals surface area contributed by atoms with Gasteiger partial charge in [-0.2, -0.15) is 0 Å². The molecular formula is C12H19NO3. The van der Waals surface area contributed by atoms with Crippen molar-refractivity contribution >= 4 is 5.90 Å². The summed E-state index contributed by atoms with van der Waals surface area (Å²) in [6.45, 7) is 3.96. The third-order valence-electron chi connectivity index (χ3n) is 2.40. The van der Waals surface area contributed by atoms with Gasteiger partial charge in [0.1, 0.15) is 5.76 Å². The molecule has 0 saturated heterocycles. The van der Waals surface area contributed by atoms with Crippen LogP contribution in [0.5, 0.6) is 0 Å². The van der Waals surface area contributed by atoms with Crippen LogP contribution in [0.15, 0.2) is 16.8 Å². The van der Waals surface area contributed by atoms with Gasteiger partial charge in [-0.15, -0.1) is 0 Å². The summed E-state index contributed by atoms with van der Waals surface area (Å²) in [4.78, 5) is 4.33. The van der Waals surface area contributed by atoms with E-state index in [-0.39, 0.29) is 12.3 Å². The third-order valence-corrected chi connectivity index (χ3v) is 2.40. The maximum Gasteiger partial charge on any atom is 0.214 e. The van der Waals surface area contributed by atoms with E-state index >= 15 is 0 Å². The quantitative estimate of drug-likeness (QED) is 0.736. The van der Waals surface area contributed by atoms with Crippen LogP contribution in [-0.4, -0.2) is 31.4 Å². The van der Waals surface area contributed by atoms with E-state index in [0.717, 1.165) is 18.6 Å². The zero-order valence-electron chi connectivity index (χ0n) is 10.1. The van der Waals surface area contributed by atoms with Crippen molar-refractivity contribution in [1.29, 1.82) is 0 Å². The largest absolute Gasteiger partial charge is 0.494 e. The number of hydrogen-bond acceptors (Lipinski definition) is 4. The fraction of sp³-hybridized carbons (Fsp3) is 0.750. The molecule has 1 heterocycles. The van der Waals surface area contributed by atoms with E-state index in [1.54, 1.807) is 7.11 Å². The Balaban J connectivity index is 2.00. The van der Waals surface area contributed by atoms with Crippen molar-refractivity contribution in [2.24, 2.45) is 4.99 Å². The molecule has 0 N–H and O–H groups in total. The molecule has 0 aromatic carbocycles. The molecule has 0 radical (unpaired) electrons. The lowest BCUT2D eigenvalue weighted by Gasteiger charge is -2.21. The SMILES string of the molecule is COC1CC(OC2CC2)=CC(OC(C)C)=N1. The van der Waals surface area contributed by atoms with Gasteiger partial charge in [0.15, 0.2) is 6.23 Å². The van der Waals surface area contributed by atoms with Crippen LogP contribution in [0.2, 0.25) is 0 Å². The highest BCUT2D eigenvalue weighted by Gasteiger charge is 2.27. The second-order valence-corrected chi connectivity index (χ2v) is 4.46. The first-order valence-corrected chi connectivity index (χ1v) is 5.82. The first-order chi connectivity index (χ1) is 7.67. The van der Waals surface area contributed by atoms with Crippen molar-refractivity contribution in [3.05, 3.63) is 11.8 Å². The van der Waals surface area contributed by atoms with E-state index in [0.29, 0.717) is 18.4 Å². The van der Waals surface area contributed by atoms with Crippen LogP contribution in [-0.2, 0) is 14.2 Å². The molecule has 1 aliphatic heterocycles. The Hall–Kier alpha value is -1.03. The molecule has 0 bridgehead atoms. The molecule has 0 aromatic rings. The summed E-state index contributed by atoms with van der Waals surface area (Å²) in [5.41, 5.74) is 0. The minimum Gasteiger partial charge on any atom is -0.494 e. The minimum absolute atomic E-state index is 0.118. The average Bonchev–Trinajstić information content (AvgIpc) is 3.00. The van der Waals surface area contributed by atoms with Gasteiger partial charge in [-0.1, -0.05) is 0 Å². The van der Waals surface area contributed by atoms with E-state index < -0.39 is 0 Å². The van der Waals surface area contributed by atoms with E-state index in [1.165, 1.54) is 0 Å². The standard InChI is InChI=1S/C12H19NO3/c1-8(2)15-12-7-10(16-9-4-5-9)6-11(13-12)14-3/h7-9,11H,4-6H2,1-3H3. The normalized spacial score (nSPS) is 25.1. The van der Waals surface area contributed by atoms with E-state index in [9.17, 15) is 0 Å². The number of hydrogen-bond donors (Lipinski definition) is 0. The third kappa shape index (κ3) is 3.23. The molecule has 2 aliphatic rings. The summed E-state index contributed by atoms with van der Waals surface area (Å²) in [5, 5.41) is 0. The molecule has 1 saturated carbocycles. The number of nitrogens with zero attached hydrogens (tertiary/aromatic N) is 1. The van der Waals surface area contributed by atoms with Gasteiger partial charge >= 0.3 is 0 Å². The Morgan fingerprint density at radius 2 is 2.12 bits per heavy atom. The molecule has 4 nitrogen and oxygen atoms in total. The Bertz CT molecular complexity index is 305. The maximum atomic E-state index is 5.77. The van der Waals surface area contributed by atoms with Crippen LogP contribution in [0.25, 0.3) is 0 Å². The number of methoxy groups -OCH3 is 1. The minimum atomic E-state index is -0.174. The first kappa shape index (κ1) is 11.5. The number of aliphatic imine (C=N–C) groups is 1. The molecule has 90 valence electrons. The van der Waals surface area contributed by atoms with Crippen molar-refractivity contribution < 1.29 is 14.2 Å². The van der Waals surface area contributed by atoms with E-state index in [2.05, 4.69) is 4.99 Å². The van der Waals surface area contributed by atoms with Crippen LogP contribution in [0, 0.1) is 0 Å². The van der Waals surface area contributed by atoms with Gasteiger partial charge in [-0.05, 0) is 26.7 Å². The highest BCUT2D eigenvalue weighted by atomic mass is 16.5. The first-order valence-electron chi connectivity index (χ1n) is 5.82. The van der Waals surface area contributed by atoms with Gasteiger partial charge in [0.25, 0.3) is 0 Å². The highest BCUT2D eigenvalue weighted by Crippen LogP contribution is 2.29. The zero-order valence-corrected chi connectivity index (χ0v) is 10.1. The second kappa shape index (κ2) is 4.87. The van der Waals surface area contributed by atoms with Crippen LogP contribution < -0.4 is 0 Å². The lowest BCUT2D eigenvalue weighted by Crippen LogP contribution is -2.21. The smallest absolute Gasteiger partial charge is 0.214 e. The lowest BCUT2D eigenvalue weighted by molar-refractivity contribution is 0.0777. The van der Waals surface area contributed by atoms with Gasteiger partial charge in [0.2, 0.25) is 5.90 Å².